The fourth-order valence-corrected chi connectivity index (χ4v) is 2.00. The molecule has 3 rings (SSSR count). The summed E-state index contributed by atoms with van der Waals surface area (Å²) in [6.45, 7) is 0.377. The van der Waals surface area contributed by atoms with Gasteiger partial charge in [-0.05, 0) is 22.9 Å². The molecule has 0 spiro atoms. The molecule has 2 aromatic carbocycles. The van der Waals surface area contributed by atoms with E-state index < -0.39 is 0 Å². The van der Waals surface area contributed by atoms with E-state index in [1.807, 2.05) is 41.9 Å². The quantitative estimate of drug-likeness (QED) is 0.781. The Balaban J connectivity index is 1.88. The third kappa shape index (κ3) is 2.25. The molecule has 0 fully saturated rings. The summed E-state index contributed by atoms with van der Waals surface area (Å²) in [5.41, 5.74) is 0.951. The lowest BCUT2D eigenvalue weighted by Gasteiger charge is -2.09. The highest BCUT2D eigenvalue weighted by Crippen LogP contribution is 2.31. The zero-order chi connectivity index (χ0) is 13.2. The van der Waals surface area contributed by atoms with Crippen LogP contribution < -0.4 is 4.74 Å². The van der Waals surface area contributed by atoms with Gasteiger partial charge < -0.3 is 14.4 Å². The first kappa shape index (κ1) is 11.6. The van der Waals surface area contributed by atoms with Gasteiger partial charge in [0.05, 0.1) is 18.2 Å². The molecule has 0 unspecified atom stereocenters. The summed E-state index contributed by atoms with van der Waals surface area (Å²) in [4.78, 5) is 4.03. The topological polar surface area (TPSA) is 47.3 Å². The van der Waals surface area contributed by atoms with Crippen LogP contribution >= 0.6 is 0 Å². The summed E-state index contributed by atoms with van der Waals surface area (Å²) >= 11 is 0. The number of aryl methyl sites for hydroxylation is 1. The number of fused-ring (bicyclic) bond motifs is 1. The summed E-state index contributed by atoms with van der Waals surface area (Å²) < 4.78 is 7.55. The Morgan fingerprint density at radius 2 is 1.95 bits per heavy atom. The summed E-state index contributed by atoms with van der Waals surface area (Å²) in [5, 5.41) is 12.0. The van der Waals surface area contributed by atoms with Crippen LogP contribution in [-0.4, -0.2) is 14.7 Å². The maximum atomic E-state index is 9.96. The lowest BCUT2D eigenvalue weighted by molar-refractivity contribution is 0.282. The molecule has 0 aliphatic heterocycles. The van der Waals surface area contributed by atoms with Crippen molar-refractivity contribution in [2.75, 3.05) is 0 Å². The lowest BCUT2D eigenvalue weighted by atomic mass is 10.1. The van der Waals surface area contributed by atoms with E-state index in [0.717, 1.165) is 16.5 Å². The van der Waals surface area contributed by atoms with E-state index in [9.17, 15) is 5.11 Å². The van der Waals surface area contributed by atoms with E-state index in [-0.39, 0.29) is 5.75 Å². The van der Waals surface area contributed by atoms with Gasteiger partial charge in [-0.3, -0.25) is 0 Å². The van der Waals surface area contributed by atoms with Crippen molar-refractivity contribution in [1.29, 1.82) is 0 Å². The number of hydrogen-bond donors (Lipinski definition) is 1. The second-order valence-electron chi connectivity index (χ2n) is 4.45. The van der Waals surface area contributed by atoms with Crippen LogP contribution in [0.15, 0.2) is 48.9 Å². The average molecular weight is 254 g/mol. The molecule has 0 saturated carbocycles. The van der Waals surface area contributed by atoms with Gasteiger partial charge in [0.1, 0.15) is 6.61 Å². The van der Waals surface area contributed by atoms with Crippen LogP contribution in [0.2, 0.25) is 0 Å². The first-order chi connectivity index (χ1) is 9.24. The number of benzene rings is 2. The van der Waals surface area contributed by atoms with Crippen molar-refractivity contribution < 1.29 is 9.84 Å². The zero-order valence-corrected chi connectivity index (χ0v) is 10.6. The average Bonchev–Trinajstić information content (AvgIpc) is 2.82. The number of hydrogen-bond acceptors (Lipinski definition) is 3. The third-order valence-electron chi connectivity index (χ3n) is 3.12. The molecule has 0 saturated heterocycles. The fraction of sp³-hybridized carbons (Fsp3) is 0.133. The van der Waals surface area contributed by atoms with Gasteiger partial charge >= 0.3 is 0 Å². The van der Waals surface area contributed by atoms with Crippen LogP contribution in [0.4, 0.5) is 0 Å². The molecule has 4 heteroatoms. The number of aromatic nitrogens is 2. The van der Waals surface area contributed by atoms with E-state index in [1.165, 1.54) is 0 Å². The van der Waals surface area contributed by atoms with Gasteiger partial charge in [0.25, 0.3) is 0 Å². The van der Waals surface area contributed by atoms with Crippen molar-refractivity contribution >= 4 is 10.8 Å². The number of phenols is 1. The minimum Gasteiger partial charge on any atom is -0.504 e. The second-order valence-corrected chi connectivity index (χ2v) is 4.45. The molecule has 19 heavy (non-hydrogen) atoms. The normalized spacial score (nSPS) is 10.8. The summed E-state index contributed by atoms with van der Waals surface area (Å²) in [6, 6.07) is 11.4. The Labute approximate surface area is 110 Å². The van der Waals surface area contributed by atoms with Crippen molar-refractivity contribution in [3.63, 3.8) is 0 Å². The Kier molecular flexibility index (Phi) is 2.83. The van der Waals surface area contributed by atoms with Crippen LogP contribution in [0, 0.1) is 0 Å². The molecule has 1 aromatic heterocycles. The van der Waals surface area contributed by atoms with E-state index in [2.05, 4.69) is 4.98 Å². The zero-order valence-electron chi connectivity index (χ0n) is 10.6. The number of rotatable bonds is 3. The van der Waals surface area contributed by atoms with Crippen molar-refractivity contribution in [2.45, 2.75) is 6.61 Å². The predicted octanol–water partition coefficient (Wildman–Crippen LogP) is 2.86. The van der Waals surface area contributed by atoms with Crippen LogP contribution in [0.5, 0.6) is 11.5 Å². The molecular weight excluding hydrogens is 240 g/mol. The van der Waals surface area contributed by atoms with Gasteiger partial charge in [0.2, 0.25) is 0 Å². The van der Waals surface area contributed by atoms with Gasteiger partial charge in [-0.1, -0.05) is 24.3 Å². The van der Waals surface area contributed by atoms with Crippen molar-refractivity contribution in [1.82, 2.24) is 9.55 Å². The monoisotopic (exact) mass is 254 g/mol. The first-order valence-electron chi connectivity index (χ1n) is 6.04. The molecule has 0 atom stereocenters. The lowest BCUT2D eigenvalue weighted by Crippen LogP contribution is -2.01. The fourth-order valence-electron chi connectivity index (χ4n) is 2.00. The summed E-state index contributed by atoms with van der Waals surface area (Å²) in [6.07, 6.45) is 3.47. The molecule has 1 N–H and O–H groups in total. The smallest absolute Gasteiger partial charge is 0.162 e. The Bertz CT molecular complexity index is 719. The number of phenolic OH excluding ortho intramolecular Hbond substituents is 1. The second kappa shape index (κ2) is 4.65. The molecule has 0 radical (unpaired) electrons. The van der Waals surface area contributed by atoms with Crippen LogP contribution in [0.3, 0.4) is 0 Å². The van der Waals surface area contributed by atoms with Crippen molar-refractivity contribution in [3.8, 4) is 11.5 Å². The minimum absolute atomic E-state index is 0.154. The maximum absolute atomic E-state index is 9.96. The van der Waals surface area contributed by atoms with Gasteiger partial charge in [-0.2, -0.15) is 0 Å². The van der Waals surface area contributed by atoms with Crippen molar-refractivity contribution in [2.24, 2.45) is 7.05 Å². The molecule has 3 aromatic rings. The highest BCUT2D eigenvalue weighted by Gasteiger charge is 2.06. The van der Waals surface area contributed by atoms with E-state index in [0.29, 0.717) is 12.4 Å². The number of nitrogens with zero attached hydrogens (tertiary/aromatic N) is 2. The van der Waals surface area contributed by atoms with Crippen molar-refractivity contribution in [3.05, 3.63) is 54.6 Å². The van der Waals surface area contributed by atoms with Gasteiger partial charge in [0, 0.05) is 7.05 Å². The Morgan fingerprint density at radius 1 is 1.21 bits per heavy atom. The minimum atomic E-state index is 0.154. The van der Waals surface area contributed by atoms with E-state index in [1.54, 1.807) is 18.6 Å². The number of aromatic hydroxyl groups is 1. The summed E-state index contributed by atoms with van der Waals surface area (Å²) in [5.74, 6) is 0.640. The van der Waals surface area contributed by atoms with E-state index >= 15 is 0 Å². The predicted molar refractivity (Wildman–Crippen MR) is 73.2 cm³/mol. The Morgan fingerprint density at radius 3 is 2.63 bits per heavy atom. The first-order valence-corrected chi connectivity index (χ1v) is 6.04. The maximum Gasteiger partial charge on any atom is 0.162 e. The largest absolute Gasteiger partial charge is 0.504 e. The van der Waals surface area contributed by atoms with Crippen LogP contribution in [-0.2, 0) is 13.7 Å². The van der Waals surface area contributed by atoms with Crippen LogP contribution in [0.25, 0.3) is 10.8 Å². The molecule has 0 aliphatic rings. The Hall–Kier alpha value is -2.49. The highest BCUT2D eigenvalue weighted by molar-refractivity contribution is 5.85. The standard InChI is InChI=1S/C15H14N2O2/c1-17-10-16-8-13(17)9-19-15-7-12-5-3-2-4-11(12)6-14(15)18/h2-8,10,18H,9H2,1H3. The molecule has 0 bridgehead atoms. The number of ether oxygens (including phenoxy) is 1. The molecule has 4 nitrogen and oxygen atoms in total. The molecule has 96 valence electrons. The molecular formula is C15H14N2O2. The van der Waals surface area contributed by atoms with Gasteiger partial charge in [-0.15, -0.1) is 0 Å². The van der Waals surface area contributed by atoms with E-state index in [4.69, 9.17) is 4.74 Å². The van der Waals surface area contributed by atoms with Gasteiger partial charge in [0.15, 0.2) is 11.5 Å². The summed E-state index contributed by atoms with van der Waals surface area (Å²) in [7, 11) is 1.91. The molecule has 0 aliphatic carbocycles. The number of imidazole rings is 1. The molecule has 0 amide bonds. The molecule has 1 heterocycles. The SMILES string of the molecule is Cn1cncc1COc1cc2ccccc2cc1O. The van der Waals surface area contributed by atoms with Crippen LogP contribution in [0.1, 0.15) is 5.69 Å². The highest BCUT2D eigenvalue weighted by atomic mass is 16.5. The third-order valence-corrected chi connectivity index (χ3v) is 3.12. The van der Waals surface area contributed by atoms with Gasteiger partial charge in [-0.25, -0.2) is 4.98 Å².